The second-order valence-corrected chi connectivity index (χ2v) is 12.4. The van der Waals surface area contributed by atoms with E-state index in [2.05, 4.69) is 152 Å². The van der Waals surface area contributed by atoms with Gasteiger partial charge in [0.1, 0.15) is 11.2 Å². The van der Waals surface area contributed by atoms with Crippen molar-refractivity contribution in [1.29, 1.82) is 0 Å². The normalized spacial score (nSPS) is 11.7. The Labute approximate surface area is 282 Å². The van der Waals surface area contributed by atoms with Crippen LogP contribution in [0, 0.1) is 0 Å². The fourth-order valence-electron chi connectivity index (χ4n) is 7.06. The highest BCUT2D eigenvalue weighted by Gasteiger charge is 2.17. The van der Waals surface area contributed by atoms with Crippen LogP contribution in [0.25, 0.3) is 99.5 Å². The molecule has 0 spiro atoms. The summed E-state index contributed by atoms with van der Waals surface area (Å²) in [7, 11) is 0. The molecular formula is C45H27N3O. The van der Waals surface area contributed by atoms with Gasteiger partial charge in [0.25, 0.3) is 0 Å². The quantitative estimate of drug-likeness (QED) is 0.195. The fourth-order valence-corrected chi connectivity index (χ4v) is 7.06. The molecule has 0 radical (unpaired) electrons. The Morgan fingerprint density at radius 2 is 0.857 bits per heavy atom. The first-order valence-corrected chi connectivity index (χ1v) is 16.4. The Balaban J connectivity index is 1.16. The van der Waals surface area contributed by atoms with Crippen LogP contribution in [-0.2, 0) is 0 Å². The van der Waals surface area contributed by atoms with Crippen LogP contribution in [0.2, 0.25) is 0 Å². The molecule has 10 rings (SSSR count). The molecule has 0 atom stereocenters. The highest BCUT2D eigenvalue weighted by molar-refractivity contribution is 6.19. The maximum absolute atomic E-state index is 6.17. The summed E-state index contributed by atoms with van der Waals surface area (Å²) in [5, 5.41) is 9.23. The molecule has 0 aliphatic heterocycles. The van der Waals surface area contributed by atoms with E-state index in [0.29, 0.717) is 17.5 Å². The van der Waals surface area contributed by atoms with Gasteiger partial charge in [-0.3, -0.25) is 0 Å². The molecule has 0 fully saturated rings. The maximum atomic E-state index is 6.17. The average molecular weight is 626 g/mol. The second-order valence-electron chi connectivity index (χ2n) is 12.4. The van der Waals surface area contributed by atoms with Crippen LogP contribution >= 0.6 is 0 Å². The molecule has 228 valence electrons. The topological polar surface area (TPSA) is 51.8 Å². The lowest BCUT2D eigenvalue weighted by atomic mass is 9.95. The van der Waals surface area contributed by atoms with Crippen LogP contribution < -0.4 is 0 Å². The molecule has 2 aromatic heterocycles. The van der Waals surface area contributed by atoms with Crippen LogP contribution in [0.4, 0.5) is 0 Å². The smallest absolute Gasteiger partial charge is 0.164 e. The molecule has 10 aromatic rings. The van der Waals surface area contributed by atoms with Gasteiger partial charge in [-0.1, -0.05) is 133 Å². The lowest BCUT2D eigenvalue weighted by Crippen LogP contribution is -2.01. The van der Waals surface area contributed by atoms with Crippen molar-refractivity contribution in [3.8, 4) is 45.3 Å². The minimum atomic E-state index is 0.633. The number of para-hydroxylation sites is 1. The number of nitrogens with zero attached hydrogens (tertiary/aromatic N) is 3. The van der Waals surface area contributed by atoms with E-state index in [1.807, 2.05) is 12.1 Å². The number of hydrogen-bond acceptors (Lipinski definition) is 4. The lowest BCUT2D eigenvalue weighted by molar-refractivity contribution is 0.669. The minimum Gasteiger partial charge on any atom is -0.456 e. The summed E-state index contributed by atoms with van der Waals surface area (Å²) >= 11 is 0. The molecule has 4 heteroatoms. The first kappa shape index (κ1) is 27.5. The highest BCUT2D eigenvalue weighted by Crippen LogP contribution is 2.38. The predicted octanol–water partition coefficient (Wildman–Crippen LogP) is 11.9. The third-order valence-electron chi connectivity index (χ3n) is 9.49. The van der Waals surface area contributed by atoms with Crippen LogP contribution in [0.5, 0.6) is 0 Å². The Hall–Kier alpha value is -6.65. The molecule has 0 N–H and O–H groups in total. The van der Waals surface area contributed by atoms with Crippen molar-refractivity contribution in [2.45, 2.75) is 0 Å². The molecule has 0 saturated heterocycles. The monoisotopic (exact) mass is 625 g/mol. The first-order chi connectivity index (χ1) is 24.2. The van der Waals surface area contributed by atoms with Gasteiger partial charge >= 0.3 is 0 Å². The molecule has 0 aliphatic rings. The van der Waals surface area contributed by atoms with E-state index >= 15 is 0 Å². The van der Waals surface area contributed by atoms with Gasteiger partial charge in [-0.2, -0.15) is 0 Å². The number of furan rings is 1. The summed E-state index contributed by atoms with van der Waals surface area (Å²) in [5.41, 5.74) is 6.79. The van der Waals surface area contributed by atoms with Crippen LogP contribution in [0.1, 0.15) is 0 Å². The van der Waals surface area contributed by atoms with Gasteiger partial charge in [-0.15, -0.1) is 0 Å². The van der Waals surface area contributed by atoms with Gasteiger partial charge in [0.05, 0.1) is 0 Å². The van der Waals surface area contributed by atoms with Crippen molar-refractivity contribution < 1.29 is 4.42 Å². The van der Waals surface area contributed by atoms with E-state index in [1.165, 1.54) is 16.2 Å². The van der Waals surface area contributed by atoms with E-state index in [0.717, 1.165) is 65.9 Å². The van der Waals surface area contributed by atoms with Gasteiger partial charge in [0.2, 0.25) is 0 Å². The Morgan fingerprint density at radius 3 is 1.57 bits per heavy atom. The van der Waals surface area contributed by atoms with E-state index in [1.54, 1.807) is 0 Å². The molecule has 0 bridgehead atoms. The van der Waals surface area contributed by atoms with Crippen molar-refractivity contribution >= 4 is 54.3 Å². The molecule has 49 heavy (non-hydrogen) atoms. The SMILES string of the molecule is c1ccc(-c2nc(-c3ccc4ccccc4c3)nc(-c3ccc4ccccc4c3)n2)c(-c2ccc3c(ccc4oc5ccccc5c43)c2)c1. The molecule has 0 aliphatic carbocycles. The summed E-state index contributed by atoms with van der Waals surface area (Å²) in [6.45, 7) is 0. The van der Waals surface area contributed by atoms with Gasteiger partial charge in [0.15, 0.2) is 17.5 Å². The standard InChI is InChI=1S/C45H27N3O/c1-3-11-30-25-34(19-17-28(30)9-1)43-46-44(35-20-18-29-10-2-4-12-31(29)26-35)48-45(47-43)38-14-6-5-13-36(38)32-21-23-37-33(27-32)22-24-41-42(37)39-15-7-8-16-40(39)49-41/h1-27H. The molecule has 8 aromatic carbocycles. The average Bonchev–Trinajstić information content (AvgIpc) is 3.56. The molecular weight excluding hydrogens is 599 g/mol. The summed E-state index contributed by atoms with van der Waals surface area (Å²) in [6, 6.07) is 57.0. The molecule has 4 nitrogen and oxygen atoms in total. The van der Waals surface area contributed by atoms with E-state index in [-0.39, 0.29) is 0 Å². The summed E-state index contributed by atoms with van der Waals surface area (Å²) < 4.78 is 6.17. The maximum Gasteiger partial charge on any atom is 0.164 e. The van der Waals surface area contributed by atoms with Crippen molar-refractivity contribution in [3.05, 3.63) is 164 Å². The third kappa shape index (κ3) is 4.65. The van der Waals surface area contributed by atoms with Crippen molar-refractivity contribution in [2.24, 2.45) is 0 Å². The summed E-state index contributed by atoms with van der Waals surface area (Å²) in [4.78, 5) is 15.4. The third-order valence-corrected chi connectivity index (χ3v) is 9.49. The number of aromatic nitrogens is 3. The van der Waals surface area contributed by atoms with Crippen LogP contribution in [0.3, 0.4) is 0 Å². The van der Waals surface area contributed by atoms with Crippen LogP contribution in [0.15, 0.2) is 168 Å². The molecule has 0 amide bonds. The van der Waals surface area contributed by atoms with E-state index < -0.39 is 0 Å². The molecule has 0 unspecified atom stereocenters. The Bertz CT molecular complexity index is 2810. The largest absolute Gasteiger partial charge is 0.456 e. The second kappa shape index (κ2) is 11.0. The zero-order valence-corrected chi connectivity index (χ0v) is 26.3. The minimum absolute atomic E-state index is 0.633. The first-order valence-electron chi connectivity index (χ1n) is 16.4. The zero-order valence-electron chi connectivity index (χ0n) is 26.3. The van der Waals surface area contributed by atoms with Crippen molar-refractivity contribution in [3.63, 3.8) is 0 Å². The number of fused-ring (bicyclic) bond motifs is 7. The van der Waals surface area contributed by atoms with Crippen molar-refractivity contribution in [2.75, 3.05) is 0 Å². The Morgan fingerprint density at radius 1 is 0.327 bits per heavy atom. The highest BCUT2D eigenvalue weighted by atomic mass is 16.3. The zero-order chi connectivity index (χ0) is 32.3. The van der Waals surface area contributed by atoms with E-state index in [4.69, 9.17) is 19.4 Å². The van der Waals surface area contributed by atoms with Gasteiger partial charge in [-0.25, -0.2) is 15.0 Å². The number of rotatable bonds is 4. The number of benzene rings is 8. The predicted molar refractivity (Wildman–Crippen MR) is 201 cm³/mol. The van der Waals surface area contributed by atoms with E-state index in [9.17, 15) is 0 Å². The summed E-state index contributed by atoms with van der Waals surface area (Å²) in [5.74, 6) is 1.91. The molecule has 0 saturated carbocycles. The summed E-state index contributed by atoms with van der Waals surface area (Å²) in [6.07, 6.45) is 0. The Kier molecular flexibility index (Phi) is 6.15. The molecule has 2 heterocycles. The van der Waals surface area contributed by atoms with Crippen molar-refractivity contribution in [1.82, 2.24) is 15.0 Å². The number of hydrogen-bond donors (Lipinski definition) is 0. The van der Waals surface area contributed by atoms with Gasteiger partial charge < -0.3 is 4.42 Å². The van der Waals surface area contributed by atoms with Crippen LogP contribution in [-0.4, -0.2) is 15.0 Å². The van der Waals surface area contributed by atoms with Gasteiger partial charge in [0, 0.05) is 27.5 Å². The van der Waals surface area contributed by atoms with Gasteiger partial charge in [-0.05, 0) is 73.8 Å². The lowest BCUT2D eigenvalue weighted by Gasteiger charge is -2.13. The fraction of sp³-hybridized carbons (Fsp3) is 0.